The number of rotatable bonds is 12. The van der Waals surface area contributed by atoms with E-state index in [-0.39, 0.29) is 23.8 Å². The van der Waals surface area contributed by atoms with E-state index in [9.17, 15) is 18.0 Å². The van der Waals surface area contributed by atoms with Gasteiger partial charge in [-0.05, 0) is 84.0 Å². The van der Waals surface area contributed by atoms with E-state index in [0.717, 1.165) is 24.6 Å². The number of carbonyl (C=O) groups excluding carboxylic acids is 2. The third-order valence-electron chi connectivity index (χ3n) is 6.82. The molecule has 4 aromatic rings. The Balaban J connectivity index is 1.78. The molecule has 0 aliphatic heterocycles. The molecule has 42 heavy (non-hydrogen) atoms. The number of likely N-dealkylation sites (N-methyl/N-ethyl adjacent to an activating group) is 1. The van der Waals surface area contributed by atoms with Gasteiger partial charge in [0.05, 0.1) is 10.6 Å². The van der Waals surface area contributed by atoms with Gasteiger partial charge in [0, 0.05) is 23.1 Å². The van der Waals surface area contributed by atoms with Crippen LogP contribution in [0.3, 0.4) is 0 Å². The molecule has 0 spiro atoms. The Morgan fingerprint density at radius 3 is 2.00 bits per heavy atom. The second kappa shape index (κ2) is 14.5. The third-order valence-corrected chi connectivity index (χ3v) is 9.33. The Bertz CT molecular complexity index is 1580. The summed E-state index contributed by atoms with van der Waals surface area (Å²) in [5, 5.41) is 2.88. The fraction of sp³-hybridized carbons (Fsp3) is 0.212. The summed E-state index contributed by atoms with van der Waals surface area (Å²) < 4.78 is 29.9. The molecular formula is C33H34IN3O4S. The summed E-state index contributed by atoms with van der Waals surface area (Å²) in [6.07, 6.45) is 0.277. The van der Waals surface area contributed by atoms with Crippen LogP contribution < -0.4 is 9.62 Å². The minimum absolute atomic E-state index is 0.0750. The summed E-state index contributed by atoms with van der Waals surface area (Å²) in [7, 11) is -4.11. The lowest BCUT2D eigenvalue weighted by atomic mass is 10.0. The topological polar surface area (TPSA) is 86.8 Å². The molecule has 1 N–H and O–H groups in total. The van der Waals surface area contributed by atoms with Crippen molar-refractivity contribution in [1.82, 2.24) is 10.2 Å². The molecule has 0 fully saturated rings. The second-order valence-corrected chi connectivity index (χ2v) is 13.0. The van der Waals surface area contributed by atoms with Crippen LogP contribution in [0.4, 0.5) is 5.69 Å². The largest absolute Gasteiger partial charge is 0.355 e. The number of anilines is 1. The molecule has 7 nitrogen and oxygen atoms in total. The van der Waals surface area contributed by atoms with Crippen LogP contribution in [0.15, 0.2) is 114 Å². The number of halogens is 1. The number of carbonyl (C=O) groups is 2. The van der Waals surface area contributed by atoms with Crippen molar-refractivity contribution in [2.75, 3.05) is 17.4 Å². The molecule has 4 aromatic carbocycles. The number of hydrogen-bond donors (Lipinski definition) is 1. The standard InChI is InChI=1S/C33H34IN3O4S/c1-3-35-33(39)31(22-26-10-6-4-7-11-26)36(23-27-16-14-25(2)15-17-27)32(38)24-37(29-20-18-28(34)19-21-29)42(40,41)30-12-8-5-9-13-30/h4-21,31H,3,22-24H2,1-2H3,(H,35,39). The van der Waals surface area contributed by atoms with Crippen LogP contribution in [0.25, 0.3) is 0 Å². The summed E-state index contributed by atoms with van der Waals surface area (Å²) in [6, 6.07) is 31.4. The monoisotopic (exact) mass is 695 g/mol. The molecule has 0 aromatic heterocycles. The molecule has 0 radical (unpaired) electrons. The van der Waals surface area contributed by atoms with Gasteiger partial charge >= 0.3 is 0 Å². The lowest BCUT2D eigenvalue weighted by Gasteiger charge is -2.34. The average Bonchev–Trinajstić information content (AvgIpc) is 3.00. The van der Waals surface area contributed by atoms with Crippen molar-refractivity contribution in [3.05, 3.63) is 129 Å². The van der Waals surface area contributed by atoms with Gasteiger partial charge in [-0.3, -0.25) is 13.9 Å². The average molecular weight is 696 g/mol. The molecule has 4 rings (SSSR count). The smallest absolute Gasteiger partial charge is 0.264 e. The van der Waals surface area contributed by atoms with Crippen LogP contribution in [0, 0.1) is 10.5 Å². The first-order chi connectivity index (χ1) is 20.2. The maximum absolute atomic E-state index is 14.3. The summed E-state index contributed by atoms with van der Waals surface area (Å²) in [5.74, 6) is -0.783. The van der Waals surface area contributed by atoms with Crippen molar-refractivity contribution in [3.8, 4) is 0 Å². The number of aryl methyl sites for hydroxylation is 1. The number of hydrogen-bond acceptors (Lipinski definition) is 4. The van der Waals surface area contributed by atoms with E-state index in [4.69, 9.17) is 0 Å². The molecule has 1 unspecified atom stereocenters. The molecule has 2 amide bonds. The van der Waals surface area contributed by atoms with E-state index in [1.54, 1.807) is 42.5 Å². The van der Waals surface area contributed by atoms with E-state index in [1.807, 2.05) is 68.4 Å². The van der Waals surface area contributed by atoms with Crippen LogP contribution in [-0.4, -0.2) is 44.3 Å². The zero-order valence-corrected chi connectivity index (χ0v) is 26.6. The van der Waals surface area contributed by atoms with Crippen molar-refractivity contribution in [2.24, 2.45) is 0 Å². The van der Waals surface area contributed by atoms with Gasteiger partial charge in [0.2, 0.25) is 11.8 Å². The van der Waals surface area contributed by atoms with Crippen molar-refractivity contribution in [3.63, 3.8) is 0 Å². The van der Waals surface area contributed by atoms with E-state index < -0.39 is 28.5 Å². The molecule has 0 aliphatic rings. The summed E-state index contributed by atoms with van der Waals surface area (Å²) >= 11 is 2.15. The Morgan fingerprint density at radius 2 is 1.40 bits per heavy atom. The highest BCUT2D eigenvalue weighted by atomic mass is 127. The van der Waals surface area contributed by atoms with Crippen molar-refractivity contribution in [1.29, 1.82) is 0 Å². The van der Waals surface area contributed by atoms with Crippen molar-refractivity contribution < 1.29 is 18.0 Å². The number of amides is 2. The van der Waals surface area contributed by atoms with Gasteiger partial charge in [-0.15, -0.1) is 0 Å². The molecule has 0 heterocycles. The predicted molar refractivity (Wildman–Crippen MR) is 174 cm³/mol. The maximum atomic E-state index is 14.3. The van der Waals surface area contributed by atoms with Gasteiger partial charge in [-0.1, -0.05) is 78.4 Å². The normalized spacial score (nSPS) is 11.9. The SMILES string of the molecule is CCNC(=O)C(Cc1ccccc1)N(Cc1ccc(C)cc1)C(=O)CN(c1ccc(I)cc1)S(=O)(=O)c1ccccc1. The first kappa shape index (κ1) is 31.2. The molecule has 0 bridgehead atoms. The Morgan fingerprint density at radius 1 is 0.810 bits per heavy atom. The zero-order valence-electron chi connectivity index (χ0n) is 23.6. The highest BCUT2D eigenvalue weighted by Gasteiger charge is 2.34. The van der Waals surface area contributed by atoms with E-state index in [1.165, 1.54) is 17.0 Å². The Labute approximate surface area is 261 Å². The maximum Gasteiger partial charge on any atom is 0.264 e. The highest BCUT2D eigenvalue weighted by Crippen LogP contribution is 2.26. The lowest BCUT2D eigenvalue weighted by molar-refractivity contribution is -0.140. The zero-order chi connectivity index (χ0) is 30.1. The molecule has 9 heteroatoms. The van der Waals surface area contributed by atoms with Crippen LogP contribution >= 0.6 is 22.6 Å². The fourth-order valence-electron chi connectivity index (χ4n) is 4.59. The highest BCUT2D eigenvalue weighted by molar-refractivity contribution is 14.1. The van der Waals surface area contributed by atoms with E-state index >= 15 is 0 Å². The molecule has 0 aliphatic carbocycles. The van der Waals surface area contributed by atoms with Crippen LogP contribution in [0.1, 0.15) is 23.6 Å². The minimum atomic E-state index is -4.11. The predicted octanol–water partition coefficient (Wildman–Crippen LogP) is 5.57. The van der Waals surface area contributed by atoms with Crippen molar-refractivity contribution in [2.45, 2.75) is 37.8 Å². The van der Waals surface area contributed by atoms with Crippen LogP contribution in [0.5, 0.6) is 0 Å². The minimum Gasteiger partial charge on any atom is -0.355 e. The van der Waals surface area contributed by atoms with Gasteiger partial charge < -0.3 is 10.2 Å². The Hall–Kier alpha value is -3.70. The fourth-order valence-corrected chi connectivity index (χ4v) is 6.39. The van der Waals surface area contributed by atoms with E-state index in [0.29, 0.717) is 12.2 Å². The first-order valence-corrected chi connectivity index (χ1v) is 16.2. The Kier molecular flexibility index (Phi) is 10.8. The third kappa shape index (κ3) is 7.98. The molecule has 218 valence electrons. The molecule has 1 atom stereocenters. The number of nitrogens with zero attached hydrogens (tertiary/aromatic N) is 2. The number of nitrogens with one attached hydrogen (secondary N) is 1. The molecule has 0 saturated heterocycles. The second-order valence-electron chi connectivity index (χ2n) is 9.91. The lowest BCUT2D eigenvalue weighted by Crippen LogP contribution is -2.53. The van der Waals surface area contributed by atoms with Gasteiger partial charge in [0.15, 0.2) is 0 Å². The summed E-state index contributed by atoms with van der Waals surface area (Å²) in [4.78, 5) is 29.4. The molecule has 0 saturated carbocycles. The van der Waals surface area contributed by atoms with Gasteiger partial charge in [-0.25, -0.2) is 8.42 Å². The number of benzene rings is 4. The number of sulfonamides is 1. The summed E-state index contributed by atoms with van der Waals surface area (Å²) in [6.45, 7) is 3.86. The van der Waals surface area contributed by atoms with Crippen molar-refractivity contribution >= 4 is 50.1 Å². The van der Waals surface area contributed by atoms with Gasteiger partial charge in [0.1, 0.15) is 12.6 Å². The first-order valence-electron chi connectivity index (χ1n) is 13.7. The quantitative estimate of drug-likeness (QED) is 0.197. The van der Waals surface area contributed by atoms with Gasteiger partial charge in [-0.2, -0.15) is 0 Å². The van der Waals surface area contributed by atoms with Gasteiger partial charge in [0.25, 0.3) is 10.0 Å². The summed E-state index contributed by atoms with van der Waals surface area (Å²) in [5.41, 5.74) is 3.16. The molecular weight excluding hydrogens is 661 g/mol. The van der Waals surface area contributed by atoms with E-state index in [2.05, 4.69) is 27.9 Å². The van der Waals surface area contributed by atoms with Crippen LogP contribution in [0.2, 0.25) is 0 Å². The van der Waals surface area contributed by atoms with Crippen LogP contribution in [-0.2, 0) is 32.6 Å².